The fourth-order valence-electron chi connectivity index (χ4n) is 5.06. The summed E-state index contributed by atoms with van der Waals surface area (Å²) < 4.78 is 11.7. The maximum Gasteiger partial charge on any atom is 0.173 e. The molecule has 6 heteroatoms. The summed E-state index contributed by atoms with van der Waals surface area (Å²) in [7, 11) is 3.75. The Balaban J connectivity index is 0.000000917. The molecule has 1 aliphatic carbocycles. The standard InChI is InChI=1S/C27H34N2O3.C2H7N/c1-19-26(31-18-23-15-22(23)17-30)10-8-24-25(28-32-27(19)24)9-7-20-11-13-29(14-12-20)16-21-5-3-2-4-6-21;1-3-2/h2-6,8,10,20,22-23,30H,7,9,11-18H2,1H3;3H,1-2H3. The Labute approximate surface area is 209 Å². The van der Waals surface area contributed by atoms with Gasteiger partial charge < -0.3 is 19.7 Å². The molecule has 1 saturated heterocycles. The quantitative estimate of drug-likeness (QED) is 0.458. The van der Waals surface area contributed by atoms with E-state index in [9.17, 15) is 5.11 Å². The molecule has 1 aliphatic heterocycles. The second-order valence-electron chi connectivity index (χ2n) is 10.2. The Hall–Kier alpha value is -2.41. The van der Waals surface area contributed by atoms with Crippen molar-refractivity contribution in [3.8, 4) is 5.75 Å². The van der Waals surface area contributed by atoms with Crippen molar-refractivity contribution in [1.29, 1.82) is 0 Å². The molecular formula is C29H41N3O3. The summed E-state index contributed by atoms with van der Waals surface area (Å²) in [6.45, 7) is 6.40. The molecule has 2 unspecified atom stereocenters. The van der Waals surface area contributed by atoms with Gasteiger partial charge in [-0.1, -0.05) is 35.5 Å². The minimum absolute atomic E-state index is 0.267. The van der Waals surface area contributed by atoms with E-state index in [1.54, 1.807) is 0 Å². The van der Waals surface area contributed by atoms with E-state index in [4.69, 9.17) is 9.26 Å². The van der Waals surface area contributed by atoms with E-state index in [1.807, 2.05) is 21.0 Å². The van der Waals surface area contributed by atoms with E-state index in [0.29, 0.717) is 18.4 Å². The van der Waals surface area contributed by atoms with Crippen LogP contribution >= 0.6 is 0 Å². The number of aliphatic hydroxyl groups is 1. The van der Waals surface area contributed by atoms with E-state index >= 15 is 0 Å². The van der Waals surface area contributed by atoms with Gasteiger partial charge in [0, 0.05) is 24.1 Å². The summed E-state index contributed by atoms with van der Waals surface area (Å²) in [5.41, 5.74) is 4.36. The molecule has 1 aromatic heterocycles. The number of likely N-dealkylation sites (tertiary alicyclic amines) is 1. The van der Waals surface area contributed by atoms with Gasteiger partial charge in [0.1, 0.15) is 5.75 Å². The fraction of sp³-hybridized carbons (Fsp3) is 0.552. The van der Waals surface area contributed by atoms with Crippen molar-refractivity contribution in [3.05, 3.63) is 59.3 Å². The Morgan fingerprint density at radius 3 is 2.51 bits per heavy atom. The van der Waals surface area contributed by atoms with E-state index < -0.39 is 0 Å². The predicted molar refractivity (Wildman–Crippen MR) is 141 cm³/mol. The molecule has 35 heavy (non-hydrogen) atoms. The third-order valence-electron chi connectivity index (χ3n) is 7.42. The molecule has 2 aliphatic rings. The topological polar surface area (TPSA) is 70.8 Å². The zero-order chi connectivity index (χ0) is 24.6. The van der Waals surface area contributed by atoms with Gasteiger partial charge in [-0.25, -0.2) is 0 Å². The molecule has 2 aromatic carbocycles. The highest BCUT2D eigenvalue weighted by Gasteiger charge is 2.37. The normalized spacial score (nSPS) is 20.5. The van der Waals surface area contributed by atoms with Crippen LogP contribution in [0.25, 0.3) is 11.0 Å². The highest BCUT2D eigenvalue weighted by Crippen LogP contribution is 2.39. The molecule has 1 saturated carbocycles. The van der Waals surface area contributed by atoms with Crippen LogP contribution in [0.15, 0.2) is 47.0 Å². The van der Waals surface area contributed by atoms with Crippen molar-refractivity contribution in [3.63, 3.8) is 0 Å². The Morgan fingerprint density at radius 1 is 1.09 bits per heavy atom. The van der Waals surface area contributed by atoms with Crippen LogP contribution in [0.2, 0.25) is 0 Å². The van der Waals surface area contributed by atoms with Gasteiger partial charge in [-0.2, -0.15) is 0 Å². The summed E-state index contributed by atoms with van der Waals surface area (Å²) in [5, 5.41) is 17.5. The van der Waals surface area contributed by atoms with Gasteiger partial charge in [0.2, 0.25) is 0 Å². The Kier molecular flexibility index (Phi) is 9.18. The molecule has 2 N–H and O–H groups in total. The average Bonchev–Trinajstić information content (AvgIpc) is 3.52. The lowest BCUT2D eigenvalue weighted by Gasteiger charge is -2.31. The minimum atomic E-state index is 0.267. The zero-order valence-electron chi connectivity index (χ0n) is 21.5. The number of piperidine rings is 1. The molecular weight excluding hydrogens is 438 g/mol. The molecule has 0 spiro atoms. The van der Waals surface area contributed by atoms with Gasteiger partial charge in [0.25, 0.3) is 0 Å². The molecule has 190 valence electrons. The number of rotatable bonds is 9. The van der Waals surface area contributed by atoms with Crippen molar-refractivity contribution in [2.75, 3.05) is 40.4 Å². The third kappa shape index (κ3) is 6.84. The molecule has 0 amide bonds. The van der Waals surface area contributed by atoms with Gasteiger partial charge in [-0.3, -0.25) is 4.90 Å². The van der Waals surface area contributed by atoms with Crippen LogP contribution in [0.5, 0.6) is 5.75 Å². The van der Waals surface area contributed by atoms with Crippen LogP contribution in [0, 0.1) is 24.7 Å². The van der Waals surface area contributed by atoms with Gasteiger partial charge in [-0.15, -0.1) is 0 Å². The van der Waals surface area contributed by atoms with E-state index in [2.05, 4.69) is 57.8 Å². The first kappa shape index (κ1) is 25.7. The van der Waals surface area contributed by atoms with Crippen LogP contribution < -0.4 is 10.1 Å². The van der Waals surface area contributed by atoms with Crippen molar-refractivity contribution < 1.29 is 14.4 Å². The second kappa shape index (κ2) is 12.5. The van der Waals surface area contributed by atoms with Crippen LogP contribution in [0.4, 0.5) is 0 Å². The van der Waals surface area contributed by atoms with Crippen molar-refractivity contribution >= 4 is 11.0 Å². The van der Waals surface area contributed by atoms with Crippen LogP contribution in [0.3, 0.4) is 0 Å². The number of ether oxygens (including phenoxy) is 1. The number of aryl methyl sites for hydroxylation is 2. The highest BCUT2D eigenvalue weighted by atomic mass is 16.5. The first-order valence-corrected chi connectivity index (χ1v) is 13.1. The predicted octanol–water partition coefficient (Wildman–Crippen LogP) is 4.82. The number of nitrogens with one attached hydrogen (secondary N) is 1. The SMILES string of the molecule is CNC.Cc1c(OCC2CC2CO)ccc2c(CCC3CCN(Cc4ccccc4)CC3)noc12. The number of hydrogen-bond acceptors (Lipinski definition) is 6. The van der Waals surface area contributed by atoms with Gasteiger partial charge >= 0.3 is 0 Å². The van der Waals surface area contributed by atoms with Crippen LogP contribution in [-0.4, -0.2) is 55.6 Å². The van der Waals surface area contributed by atoms with Crippen molar-refractivity contribution in [1.82, 2.24) is 15.4 Å². The maximum absolute atomic E-state index is 9.21. The lowest BCUT2D eigenvalue weighted by atomic mass is 9.91. The molecule has 0 radical (unpaired) electrons. The summed E-state index contributed by atoms with van der Waals surface area (Å²) >= 11 is 0. The number of fused-ring (bicyclic) bond motifs is 1. The molecule has 2 heterocycles. The maximum atomic E-state index is 9.21. The molecule has 2 fully saturated rings. The monoisotopic (exact) mass is 479 g/mol. The minimum Gasteiger partial charge on any atom is -0.493 e. The number of nitrogens with zero attached hydrogens (tertiary/aromatic N) is 2. The smallest absolute Gasteiger partial charge is 0.173 e. The second-order valence-corrected chi connectivity index (χ2v) is 10.2. The van der Waals surface area contributed by atoms with Crippen LogP contribution in [0.1, 0.15) is 42.5 Å². The van der Waals surface area contributed by atoms with E-state index in [-0.39, 0.29) is 6.61 Å². The molecule has 0 bridgehead atoms. The molecule has 3 aromatic rings. The summed E-state index contributed by atoms with van der Waals surface area (Å²) in [6.07, 6.45) is 5.72. The van der Waals surface area contributed by atoms with Gasteiger partial charge in [0.05, 0.1) is 12.3 Å². The number of hydrogen-bond donors (Lipinski definition) is 2. The highest BCUT2D eigenvalue weighted by molar-refractivity contribution is 5.84. The molecule has 2 atom stereocenters. The Bertz CT molecular complexity index is 1040. The van der Waals surface area contributed by atoms with Crippen molar-refractivity contribution in [2.45, 2.75) is 45.6 Å². The first-order valence-electron chi connectivity index (χ1n) is 13.1. The summed E-state index contributed by atoms with van der Waals surface area (Å²) in [4.78, 5) is 2.58. The summed E-state index contributed by atoms with van der Waals surface area (Å²) in [6, 6.07) is 14.9. The van der Waals surface area contributed by atoms with Crippen molar-refractivity contribution in [2.24, 2.45) is 17.8 Å². The van der Waals surface area contributed by atoms with Crippen LogP contribution in [-0.2, 0) is 13.0 Å². The number of aliphatic hydroxyl groups excluding tert-OH is 1. The fourth-order valence-corrected chi connectivity index (χ4v) is 5.06. The molecule has 5 rings (SSSR count). The van der Waals surface area contributed by atoms with E-state index in [0.717, 1.165) is 53.3 Å². The van der Waals surface area contributed by atoms with E-state index in [1.165, 1.54) is 37.9 Å². The first-order chi connectivity index (χ1) is 17.1. The lowest BCUT2D eigenvalue weighted by molar-refractivity contribution is 0.172. The average molecular weight is 480 g/mol. The summed E-state index contributed by atoms with van der Waals surface area (Å²) in [5.74, 6) is 2.53. The largest absolute Gasteiger partial charge is 0.493 e. The number of benzene rings is 2. The lowest BCUT2D eigenvalue weighted by Crippen LogP contribution is -2.33. The number of aromatic nitrogens is 1. The third-order valence-corrected chi connectivity index (χ3v) is 7.42. The Morgan fingerprint density at radius 2 is 1.83 bits per heavy atom. The molecule has 6 nitrogen and oxygen atoms in total. The van der Waals surface area contributed by atoms with Gasteiger partial charge in [0.15, 0.2) is 5.58 Å². The zero-order valence-corrected chi connectivity index (χ0v) is 21.5. The van der Waals surface area contributed by atoms with Gasteiger partial charge in [-0.05, 0) is 102 Å².